The molecule has 0 bridgehead atoms. The number of amides is 1. The zero-order valence-electron chi connectivity index (χ0n) is 9.72. The summed E-state index contributed by atoms with van der Waals surface area (Å²) in [5, 5.41) is 0. The van der Waals surface area contributed by atoms with Crippen molar-refractivity contribution in [2.45, 2.75) is 34.1 Å². The lowest BCUT2D eigenvalue weighted by Gasteiger charge is -2.25. The third-order valence-corrected chi connectivity index (χ3v) is 2.91. The van der Waals surface area contributed by atoms with E-state index in [0.717, 1.165) is 19.5 Å². The lowest BCUT2D eigenvalue weighted by molar-refractivity contribution is -0.136. The van der Waals surface area contributed by atoms with Crippen LogP contribution >= 0.6 is 11.6 Å². The van der Waals surface area contributed by atoms with Crippen LogP contribution in [0.4, 0.5) is 0 Å². The molecule has 1 amide bonds. The molecule has 0 spiro atoms. The van der Waals surface area contributed by atoms with Crippen LogP contribution in [-0.4, -0.2) is 29.8 Å². The van der Waals surface area contributed by atoms with Gasteiger partial charge >= 0.3 is 0 Å². The summed E-state index contributed by atoms with van der Waals surface area (Å²) in [4.78, 5) is 13.8. The number of alkyl halides is 1. The van der Waals surface area contributed by atoms with Crippen LogP contribution < -0.4 is 0 Å². The van der Waals surface area contributed by atoms with Gasteiger partial charge in [0.15, 0.2) is 0 Å². The molecule has 2 nitrogen and oxygen atoms in total. The summed E-state index contributed by atoms with van der Waals surface area (Å²) in [6.45, 7) is 9.74. The van der Waals surface area contributed by atoms with Crippen LogP contribution in [0.1, 0.15) is 34.1 Å². The van der Waals surface area contributed by atoms with E-state index in [4.69, 9.17) is 11.6 Å². The number of hydrogen-bond acceptors (Lipinski definition) is 1. The van der Waals surface area contributed by atoms with Gasteiger partial charge in [0, 0.05) is 24.9 Å². The summed E-state index contributed by atoms with van der Waals surface area (Å²) < 4.78 is 0. The van der Waals surface area contributed by atoms with Gasteiger partial charge in [0.25, 0.3) is 0 Å². The van der Waals surface area contributed by atoms with Gasteiger partial charge in [0.1, 0.15) is 0 Å². The third-order valence-electron chi connectivity index (χ3n) is 2.64. The smallest absolute Gasteiger partial charge is 0.225 e. The molecule has 1 atom stereocenters. The van der Waals surface area contributed by atoms with Crippen LogP contribution in [0.2, 0.25) is 0 Å². The lowest BCUT2D eigenvalue weighted by atomic mass is 9.96. The second kappa shape index (κ2) is 7.10. The van der Waals surface area contributed by atoms with E-state index < -0.39 is 0 Å². The molecule has 0 saturated heterocycles. The second-order valence-electron chi connectivity index (χ2n) is 3.99. The largest absolute Gasteiger partial charge is 0.343 e. The number of nitrogens with zero attached hydrogens (tertiary/aromatic N) is 1. The van der Waals surface area contributed by atoms with Gasteiger partial charge in [-0.25, -0.2) is 0 Å². The van der Waals surface area contributed by atoms with Crippen LogP contribution in [-0.2, 0) is 4.79 Å². The van der Waals surface area contributed by atoms with E-state index in [2.05, 4.69) is 13.8 Å². The van der Waals surface area contributed by atoms with Crippen LogP contribution in [0.5, 0.6) is 0 Å². The van der Waals surface area contributed by atoms with E-state index in [9.17, 15) is 4.79 Å². The normalized spacial score (nSPS) is 13.0. The first-order valence-corrected chi connectivity index (χ1v) is 5.92. The van der Waals surface area contributed by atoms with Crippen LogP contribution in [0.15, 0.2) is 0 Å². The molecule has 0 aliphatic carbocycles. The highest BCUT2D eigenvalue weighted by molar-refractivity contribution is 6.17. The number of carbonyl (C=O) groups excluding carboxylic acids is 1. The Labute approximate surface area is 92.6 Å². The van der Waals surface area contributed by atoms with Gasteiger partial charge < -0.3 is 4.90 Å². The summed E-state index contributed by atoms with van der Waals surface area (Å²) in [6.07, 6.45) is 0.881. The van der Waals surface area contributed by atoms with Crippen molar-refractivity contribution in [1.29, 1.82) is 0 Å². The third kappa shape index (κ3) is 4.32. The van der Waals surface area contributed by atoms with Crippen LogP contribution in [0.3, 0.4) is 0 Å². The zero-order valence-corrected chi connectivity index (χ0v) is 10.5. The standard InChI is InChI=1S/C11H22ClNO/c1-5-13(8-6-7-12)11(14)10(4)9(2)3/h9-10H,5-8H2,1-4H3. The average Bonchev–Trinajstić information content (AvgIpc) is 2.17. The van der Waals surface area contributed by atoms with Crippen molar-refractivity contribution < 1.29 is 4.79 Å². The van der Waals surface area contributed by atoms with E-state index in [0.29, 0.717) is 11.8 Å². The van der Waals surface area contributed by atoms with Gasteiger partial charge in [-0.1, -0.05) is 20.8 Å². The zero-order chi connectivity index (χ0) is 11.1. The molecule has 3 heteroatoms. The van der Waals surface area contributed by atoms with Gasteiger partial charge in [-0.15, -0.1) is 11.6 Å². The monoisotopic (exact) mass is 219 g/mol. The van der Waals surface area contributed by atoms with Crippen LogP contribution in [0.25, 0.3) is 0 Å². The Kier molecular flexibility index (Phi) is 6.98. The predicted molar refractivity (Wildman–Crippen MR) is 61.6 cm³/mol. The van der Waals surface area contributed by atoms with Crippen molar-refractivity contribution in [1.82, 2.24) is 4.90 Å². The molecule has 0 fully saturated rings. The molecule has 84 valence electrons. The summed E-state index contributed by atoms with van der Waals surface area (Å²) in [6, 6.07) is 0. The summed E-state index contributed by atoms with van der Waals surface area (Å²) in [7, 11) is 0. The molecule has 0 aliphatic rings. The molecule has 0 heterocycles. The minimum absolute atomic E-state index is 0.116. The van der Waals surface area contributed by atoms with E-state index in [-0.39, 0.29) is 11.8 Å². The summed E-state index contributed by atoms with van der Waals surface area (Å²) in [5.41, 5.74) is 0. The molecule has 0 saturated carbocycles. The quantitative estimate of drug-likeness (QED) is 0.630. The van der Waals surface area contributed by atoms with Gasteiger partial charge in [0.05, 0.1) is 0 Å². The molecule has 14 heavy (non-hydrogen) atoms. The highest BCUT2D eigenvalue weighted by Crippen LogP contribution is 2.13. The fourth-order valence-electron chi connectivity index (χ4n) is 1.25. The number of halogens is 1. The molecular weight excluding hydrogens is 198 g/mol. The Balaban J connectivity index is 4.16. The maximum Gasteiger partial charge on any atom is 0.225 e. The average molecular weight is 220 g/mol. The summed E-state index contributed by atoms with van der Waals surface area (Å²) >= 11 is 5.61. The maximum absolute atomic E-state index is 11.9. The predicted octanol–water partition coefficient (Wildman–Crippen LogP) is 2.76. The Morgan fingerprint density at radius 3 is 2.29 bits per heavy atom. The van der Waals surface area contributed by atoms with Crippen molar-refractivity contribution in [2.75, 3.05) is 19.0 Å². The maximum atomic E-state index is 11.9. The van der Waals surface area contributed by atoms with Gasteiger partial charge in [-0.3, -0.25) is 4.79 Å². The first-order chi connectivity index (χ1) is 6.54. The fourth-order valence-corrected chi connectivity index (χ4v) is 1.37. The lowest BCUT2D eigenvalue weighted by Crippen LogP contribution is -2.37. The molecule has 0 aliphatic heterocycles. The fraction of sp³-hybridized carbons (Fsp3) is 0.909. The first kappa shape index (κ1) is 13.8. The van der Waals surface area contributed by atoms with E-state index in [1.165, 1.54) is 0 Å². The van der Waals surface area contributed by atoms with E-state index in [1.807, 2.05) is 18.7 Å². The molecule has 0 N–H and O–H groups in total. The minimum atomic E-state index is 0.116. The highest BCUT2D eigenvalue weighted by atomic mass is 35.5. The molecule has 1 unspecified atom stereocenters. The Hall–Kier alpha value is -0.240. The number of rotatable bonds is 6. The first-order valence-electron chi connectivity index (χ1n) is 5.39. The van der Waals surface area contributed by atoms with Gasteiger partial charge in [0.2, 0.25) is 5.91 Å². The topological polar surface area (TPSA) is 20.3 Å². The van der Waals surface area contributed by atoms with Crippen molar-refractivity contribution in [3.63, 3.8) is 0 Å². The Morgan fingerprint density at radius 2 is 1.93 bits per heavy atom. The highest BCUT2D eigenvalue weighted by Gasteiger charge is 2.21. The van der Waals surface area contributed by atoms with Crippen LogP contribution in [0, 0.1) is 11.8 Å². The molecule has 0 rings (SSSR count). The van der Waals surface area contributed by atoms with E-state index in [1.54, 1.807) is 0 Å². The van der Waals surface area contributed by atoms with Crippen molar-refractivity contribution in [2.24, 2.45) is 11.8 Å². The molecule has 0 aromatic carbocycles. The van der Waals surface area contributed by atoms with E-state index >= 15 is 0 Å². The van der Waals surface area contributed by atoms with Crippen molar-refractivity contribution >= 4 is 17.5 Å². The van der Waals surface area contributed by atoms with Crippen molar-refractivity contribution in [3.8, 4) is 0 Å². The molecule has 0 radical (unpaired) electrons. The van der Waals surface area contributed by atoms with Gasteiger partial charge in [-0.2, -0.15) is 0 Å². The summed E-state index contributed by atoms with van der Waals surface area (Å²) in [5.74, 6) is 1.41. The Bertz CT molecular complexity index is 171. The number of hydrogen-bond donors (Lipinski definition) is 0. The molecule has 0 aromatic heterocycles. The SMILES string of the molecule is CCN(CCCCl)C(=O)C(C)C(C)C. The molecule has 0 aromatic rings. The number of carbonyl (C=O) groups is 1. The van der Waals surface area contributed by atoms with Crippen molar-refractivity contribution in [3.05, 3.63) is 0 Å². The second-order valence-corrected chi connectivity index (χ2v) is 4.37. The van der Waals surface area contributed by atoms with Gasteiger partial charge in [-0.05, 0) is 19.3 Å². The minimum Gasteiger partial charge on any atom is -0.343 e. The Morgan fingerprint density at radius 1 is 1.36 bits per heavy atom. The molecular formula is C11H22ClNO.